The van der Waals surface area contributed by atoms with Crippen LogP contribution in [0.5, 0.6) is 0 Å². The summed E-state index contributed by atoms with van der Waals surface area (Å²) in [6.07, 6.45) is 0. The van der Waals surface area contributed by atoms with Crippen molar-refractivity contribution in [3.8, 4) is 0 Å². The number of alkyl halides is 1. The second-order valence-corrected chi connectivity index (χ2v) is 5.80. The van der Waals surface area contributed by atoms with Crippen molar-refractivity contribution in [1.82, 2.24) is 0 Å². The van der Waals surface area contributed by atoms with Crippen LogP contribution in [-0.4, -0.2) is 0 Å². The molecule has 4 heteroatoms. The summed E-state index contributed by atoms with van der Waals surface area (Å²) in [5.74, 6) is -0.233. The lowest BCUT2D eigenvalue weighted by molar-refractivity contribution is 0.617. The molecule has 0 nitrogen and oxygen atoms in total. The summed E-state index contributed by atoms with van der Waals surface area (Å²) in [4.78, 5) is 0. The van der Waals surface area contributed by atoms with E-state index in [-0.39, 0.29) is 5.82 Å². The highest BCUT2D eigenvalue weighted by Crippen LogP contribution is 2.35. The van der Waals surface area contributed by atoms with E-state index in [9.17, 15) is 4.39 Å². The summed E-state index contributed by atoms with van der Waals surface area (Å²) < 4.78 is 14.1. The Labute approximate surface area is 124 Å². The van der Waals surface area contributed by atoms with Gasteiger partial charge in [0.05, 0.1) is 5.38 Å². The van der Waals surface area contributed by atoms with Crippen LogP contribution in [0.25, 0.3) is 0 Å². The Morgan fingerprint density at radius 3 is 2.56 bits per heavy atom. The lowest BCUT2D eigenvalue weighted by Gasteiger charge is -2.13. The molecule has 0 N–H and O–H groups in total. The molecule has 2 aromatic rings. The van der Waals surface area contributed by atoms with Gasteiger partial charge < -0.3 is 0 Å². The summed E-state index contributed by atoms with van der Waals surface area (Å²) in [5, 5.41) is 0.203. The minimum Gasteiger partial charge on any atom is -0.207 e. The van der Waals surface area contributed by atoms with Gasteiger partial charge in [0.15, 0.2) is 0 Å². The maximum atomic E-state index is 13.2. The van der Waals surface area contributed by atoms with Gasteiger partial charge in [-0.3, -0.25) is 0 Å². The number of rotatable bonds is 2. The fraction of sp³-hybridized carbons (Fsp3) is 0.143. The van der Waals surface area contributed by atoms with Crippen LogP contribution in [0.15, 0.2) is 40.9 Å². The summed E-state index contributed by atoms with van der Waals surface area (Å²) >= 11 is 15.9. The maximum absolute atomic E-state index is 13.2. The molecule has 0 aliphatic heterocycles. The zero-order valence-corrected chi connectivity index (χ0v) is 12.7. The summed E-state index contributed by atoms with van der Waals surface area (Å²) in [6.45, 7) is 1.71. The second kappa shape index (κ2) is 5.60. The molecule has 94 valence electrons. The van der Waals surface area contributed by atoms with E-state index in [4.69, 9.17) is 23.2 Å². The first kappa shape index (κ1) is 13.9. The van der Waals surface area contributed by atoms with Crippen molar-refractivity contribution < 1.29 is 4.39 Å². The van der Waals surface area contributed by atoms with Crippen molar-refractivity contribution in [3.63, 3.8) is 0 Å². The normalized spacial score (nSPS) is 12.5. The first-order valence-electron chi connectivity index (χ1n) is 5.34. The van der Waals surface area contributed by atoms with E-state index in [2.05, 4.69) is 15.9 Å². The van der Waals surface area contributed by atoms with Crippen LogP contribution in [0, 0.1) is 12.7 Å². The highest BCUT2D eigenvalue weighted by Gasteiger charge is 2.15. The minimum absolute atomic E-state index is 0.233. The smallest absolute Gasteiger partial charge is 0.126 e. The van der Waals surface area contributed by atoms with Gasteiger partial charge in [0, 0.05) is 9.50 Å². The van der Waals surface area contributed by atoms with Gasteiger partial charge in [0.2, 0.25) is 0 Å². The maximum Gasteiger partial charge on any atom is 0.126 e. The first-order valence-corrected chi connectivity index (χ1v) is 6.95. The molecule has 0 aromatic heterocycles. The predicted molar refractivity (Wildman–Crippen MR) is 78.0 cm³/mol. The zero-order valence-electron chi connectivity index (χ0n) is 9.55. The van der Waals surface area contributed by atoms with E-state index >= 15 is 0 Å². The van der Waals surface area contributed by atoms with Crippen molar-refractivity contribution >= 4 is 39.1 Å². The molecule has 0 saturated carbocycles. The van der Waals surface area contributed by atoms with Crippen LogP contribution in [0.4, 0.5) is 4.39 Å². The van der Waals surface area contributed by atoms with Crippen molar-refractivity contribution in [1.29, 1.82) is 0 Å². The quantitative estimate of drug-likeness (QED) is 0.595. The minimum atomic E-state index is -0.394. The molecule has 0 aliphatic rings. The van der Waals surface area contributed by atoms with E-state index in [0.29, 0.717) is 10.6 Å². The highest BCUT2D eigenvalue weighted by molar-refractivity contribution is 9.10. The van der Waals surface area contributed by atoms with Gasteiger partial charge in [-0.15, -0.1) is 11.6 Å². The molecular formula is C14H10BrCl2F. The Morgan fingerprint density at radius 2 is 1.89 bits per heavy atom. The Kier molecular flexibility index (Phi) is 4.31. The van der Waals surface area contributed by atoms with Crippen molar-refractivity contribution in [3.05, 3.63) is 68.4 Å². The molecule has 0 heterocycles. The summed E-state index contributed by atoms with van der Waals surface area (Å²) in [7, 11) is 0. The number of hydrogen-bond acceptors (Lipinski definition) is 0. The summed E-state index contributed by atoms with van der Waals surface area (Å²) in [6, 6.07) is 10.4. The molecule has 0 amide bonds. The van der Waals surface area contributed by atoms with Gasteiger partial charge in [-0.25, -0.2) is 4.39 Å². The largest absolute Gasteiger partial charge is 0.207 e. The molecule has 0 saturated heterocycles. The third kappa shape index (κ3) is 2.87. The number of hydrogen-bond donors (Lipinski definition) is 0. The molecule has 0 aliphatic carbocycles. The molecule has 0 radical (unpaired) electrons. The molecule has 2 aromatic carbocycles. The average Bonchev–Trinajstić information content (AvgIpc) is 2.35. The van der Waals surface area contributed by atoms with Gasteiger partial charge in [0.1, 0.15) is 5.82 Å². The van der Waals surface area contributed by atoms with E-state index in [1.165, 1.54) is 6.07 Å². The molecule has 1 atom stereocenters. The fourth-order valence-corrected chi connectivity index (χ4v) is 2.69. The first-order chi connectivity index (χ1) is 8.49. The van der Waals surface area contributed by atoms with E-state index in [1.54, 1.807) is 25.1 Å². The Morgan fingerprint density at radius 1 is 1.17 bits per heavy atom. The standard InChI is InChI=1S/C14H10BrCl2F/c1-8-6-9(2-5-13(8)18)14(17)11-7-10(15)3-4-12(11)16/h2-7,14H,1H3. The van der Waals surface area contributed by atoms with Gasteiger partial charge >= 0.3 is 0 Å². The summed E-state index contributed by atoms with van der Waals surface area (Å²) in [5.41, 5.74) is 2.21. The van der Waals surface area contributed by atoms with E-state index in [0.717, 1.165) is 15.6 Å². The molecular weight excluding hydrogens is 338 g/mol. The van der Waals surface area contributed by atoms with Crippen LogP contribution in [0.2, 0.25) is 5.02 Å². The zero-order chi connectivity index (χ0) is 13.3. The Balaban J connectivity index is 2.44. The van der Waals surface area contributed by atoms with Crippen molar-refractivity contribution in [2.24, 2.45) is 0 Å². The number of halogens is 4. The topological polar surface area (TPSA) is 0 Å². The lowest BCUT2D eigenvalue weighted by Crippen LogP contribution is -1.96. The highest BCUT2D eigenvalue weighted by atomic mass is 79.9. The van der Waals surface area contributed by atoms with Crippen LogP contribution >= 0.6 is 39.1 Å². The number of aryl methyl sites for hydroxylation is 1. The van der Waals surface area contributed by atoms with Gasteiger partial charge in [-0.2, -0.15) is 0 Å². The second-order valence-electron chi connectivity index (χ2n) is 4.04. The Hall–Kier alpha value is -0.570. The fourth-order valence-electron chi connectivity index (χ4n) is 1.71. The van der Waals surface area contributed by atoms with Crippen molar-refractivity contribution in [2.45, 2.75) is 12.3 Å². The van der Waals surface area contributed by atoms with Crippen LogP contribution in [0.3, 0.4) is 0 Å². The molecule has 0 bridgehead atoms. The monoisotopic (exact) mass is 346 g/mol. The third-order valence-corrected chi connectivity index (χ3v) is 4.03. The number of benzene rings is 2. The molecule has 0 fully saturated rings. The van der Waals surface area contributed by atoms with Gasteiger partial charge in [-0.05, 0) is 47.9 Å². The lowest BCUT2D eigenvalue weighted by atomic mass is 10.0. The van der Waals surface area contributed by atoms with Gasteiger partial charge in [-0.1, -0.05) is 39.7 Å². The third-order valence-electron chi connectivity index (χ3n) is 2.71. The average molecular weight is 348 g/mol. The SMILES string of the molecule is Cc1cc(C(Cl)c2cc(Br)ccc2Cl)ccc1F. The van der Waals surface area contributed by atoms with Crippen molar-refractivity contribution in [2.75, 3.05) is 0 Å². The van der Waals surface area contributed by atoms with Crippen LogP contribution < -0.4 is 0 Å². The molecule has 1 unspecified atom stereocenters. The van der Waals surface area contributed by atoms with Crippen LogP contribution in [-0.2, 0) is 0 Å². The predicted octanol–water partition coefficient (Wildman–Crippen LogP) is 5.88. The van der Waals surface area contributed by atoms with Crippen LogP contribution in [0.1, 0.15) is 22.1 Å². The molecule has 18 heavy (non-hydrogen) atoms. The molecule has 0 spiro atoms. The van der Waals surface area contributed by atoms with E-state index in [1.807, 2.05) is 12.1 Å². The molecule has 2 rings (SSSR count). The van der Waals surface area contributed by atoms with E-state index < -0.39 is 5.38 Å². The van der Waals surface area contributed by atoms with Gasteiger partial charge in [0.25, 0.3) is 0 Å². The Bertz CT molecular complexity index is 584.